The molecular formula is C14H17NO. The van der Waals surface area contributed by atoms with Crippen LogP contribution >= 0.6 is 0 Å². The normalized spacial score (nSPS) is 13.2. The van der Waals surface area contributed by atoms with E-state index in [1.165, 1.54) is 0 Å². The van der Waals surface area contributed by atoms with Crippen LogP contribution in [-0.4, -0.2) is 4.98 Å². The van der Waals surface area contributed by atoms with Gasteiger partial charge in [0.15, 0.2) is 0 Å². The Kier molecular flexibility index (Phi) is 4.06. The lowest BCUT2D eigenvalue weighted by molar-refractivity contribution is 0.843. The molecule has 0 bridgehead atoms. The van der Waals surface area contributed by atoms with Crippen molar-refractivity contribution in [2.45, 2.75) is 19.8 Å². The van der Waals surface area contributed by atoms with Gasteiger partial charge < -0.3 is 4.98 Å². The second kappa shape index (κ2) is 5.31. The molecule has 1 aromatic heterocycles. The van der Waals surface area contributed by atoms with E-state index in [9.17, 15) is 4.79 Å². The second-order valence-corrected chi connectivity index (χ2v) is 3.86. The van der Waals surface area contributed by atoms with Crippen molar-refractivity contribution in [1.82, 2.24) is 4.98 Å². The minimum atomic E-state index is -0.0996. The summed E-state index contributed by atoms with van der Waals surface area (Å²) in [6.45, 7) is 11.5. The summed E-state index contributed by atoms with van der Waals surface area (Å²) >= 11 is 0. The maximum absolute atomic E-state index is 11.7. The third kappa shape index (κ3) is 2.40. The van der Waals surface area contributed by atoms with E-state index in [4.69, 9.17) is 0 Å². The molecule has 1 aromatic rings. The molecule has 0 radical (unpaired) electrons. The van der Waals surface area contributed by atoms with E-state index in [0.29, 0.717) is 11.1 Å². The molecule has 2 heteroatoms. The summed E-state index contributed by atoms with van der Waals surface area (Å²) in [6, 6.07) is 0. The van der Waals surface area contributed by atoms with Crippen LogP contribution in [0.4, 0.5) is 0 Å². The van der Waals surface area contributed by atoms with Gasteiger partial charge in [-0.15, -0.1) is 0 Å². The highest BCUT2D eigenvalue weighted by atomic mass is 16.1. The number of allylic oxidation sites excluding steroid dienone is 2. The third-order valence-corrected chi connectivity index (χ3v) is 2.40. The number of aromatic amines is 1. The Bertz CT molecular complexity index is 561. The van der Waals surface area contributed by atoms with Gasteiger partial charge in [0.25, 0.3) is 5.56 Å². The highest BCUT2D eigenvalue weighted by Crippen LogP contribution is 2.05. The summed E-state index contributed by atoms with van der Waals surface area (Å²) in [5, 5.41) is 1.56. The van der Waals surface area contributed by atoms with Crippen LogP contribution < -0.4 is 16.0 Å². The molecule has 16 heavy (non-hydrogen) atoms. The summed E-state index contributed by atoms with van der Waals surface area (Å²) < 4.78 is 0. The van der Waals surface area contributed by atoms with Gasteiger partial charge in [-0.1, -0.05) is 45.2 Å². The minimum absolute atomic E-state index is 0.0996. The van der Waals surface area contributed by atoms with E-state index < -0.39 is 0 Å². The van der Waals surface area contributed by atoms with Gasteiger partial charge in [0, 0.05) is 11.4 Å². The molecule has 0 aromatic carbocycles. The first-order valence-electron chi connectivity index (χ1n) is 5.29. The van der Waals surface area contributed by atoms with Crippen LogP contribution in [0.15, 0.2) is 36.3 Å². The highest BCUT2D eigenvalue weighted by Gasteiger charge is 2.03. The smallest absolute Gasteiger partial charge is 0.255 e. The molecule has 0 unspecified atom stereocenters. The number of hydrogen-bond acceptors (Lipinski definition) is 1. The van der Waals surface area contributed by atoms with Crippen LogP contribution in [0.25, 0.3) is 12.2 Å². The zero-order chi connectivity index (χ0) is 12.1. The standard InChI is InChI=1S/C14H17NO/c1-5-7-11-12(8-6-2)14(16)15-9-13(11)10(3)4/h5-10H,1-2H2,3-4H3,(H,15,16)/b11-7+,12-8+. The molecule has 0 fully saturated rings. The summed E-state index contributed by atoms with van der Waals surface area (Å²) in [4.78, 5) is 14.4. The Labute approximate surface area is 95.3 Å². The van der Waals surface area contributed by atoms with Gasteiger partial charge in [-0.2, -0.15) is 0 Å². The number of rotatable bonds is 3. The first-order valence-corrected chi connectivity index (χ1v) is 5.29. The topological polar surface area (TPSA) is 32.9 Å². The predicted octanol–water partition coefficient (Wildman–Crippen LogP) is 1.43. The highest BCUT2D eigenvalue weighted by molar-refractivity contribution is 5.44. The van der Waals surface area contributed by atoms with Crippen molar-refractivity contribution in [3.05, 3.63) is 57.9 Å². The Morgan fingerprint density at radius 3 is 2.25 bits per heavy atom. The van der Waals surface area contributed by atoms with Crippen molar-refractivity contribution in [2.24, 2.45) is 0 Å². The largest absolute Gasteiger partial charge is 0.328 e. The first kappa shape index (κ1) is 12.2. The van der Waals surface area contributed by atoms with Crippen LogP contribution in [-0.2, 0) is 0 Å². The average Bonchev–Trinajstić information content (AvgIpc) is 2.23. The Hall–Kier alpha value is -1.83. The molecule has 2 nitrogen and oxygen atoms in total. The van der Waals surface area contributed by atoms with Gasteiger partial charge in [0.05, 0.1) is 0 Å². The lowest BCUT2D eigenvalue weighted by Gasteiger charge is -2.06. The molecule has 1 N–H and O–H groups in total. The molecule has 0 aliphatic rings. The van der Waals surface area contributed by atoms with Crippen molar-refractivity contribution in [1.29, 1.82) is 0 Å². The molecule has 84 valence electrons. The Morgan fingerprint density at radius 1 is 1.19 bits per heavy atom. The molecule has 0 saturated carbocycles. The molecule has 1 rings (SSSR count). The van der Waals surface area contributed by atoms with E-state index in [0.717, 1.165) is 10.8 Å². The van der Waals surface area contributed by atoms with E-state index in [1.54, 1.807) is 24.4 Å². The van der Waals surface area contributed by atoms with Crippen LogP contribution in [0.3, 0.4) is 0 Å². The maximum Gasteiger partial charge on any atom is 0.255 e. The number of aromatic nitrogens is 1. The zero-order valence-electron chi connectivity index (χ0n) is 9.79. The SMILES string of the molecule is C=C/C=c1/c(C(C)C)c[nH]c(=O)/c1=C/C=C. The molecule has 0 atom stereocenters. The Balaban J connectivity index is 3.86. The van der Waals surface area contributed by atoms with Crippen LogP contribution in [0.1, 0.15) is 25.3 Å². The molecule has 0 saturated heterocycles. The molecule has 0 aliphatic heterocycles. The lowest BCUT2D eigenvalue weighted by Crippen LogP contribution is -2.42. The summed E-state index contributed by atoms with van der Waals surface area (Å²) in [7, 11) is 0. The summed E-state index contributed by atoms with van der Waals surface area (Å²) in [6.07, 6.45) is 8.67. The van der Waals surface area contributed by atoms with E-state index in [-0.39, 0.29) is 5.56 Å². The van der Waals surface area contributed by atoms with Crippen LogP contribution in [0.5, 0.6) is 0 Å². The lowest BCUT2D eigenvalue weighted by atomic mass is 10.0. The third-order valence-electron chi connectivity index (χ3n) is 2.40. The number of nitrogens with one attached hydrogen (secondary N) is 1. The van der Waals surface area contributed by atoms with Gasteiger partial charge >= 0.3 is 0 Å². The molecule has 0 aliphatic carbocycles. The fourth-order valence-electron chi connectivity index (χ4n) is 1.64. The maximum atomic E-state index is 11.7. The van der Waals surface area contributed by atoms with Gasteiger partial charge in [-0.3, -0.25) is 4.79 Å². The second-order valence-electron chi connectivity index (χ2n) is 3.86. The van der Waals surface area contributed by atoms with Crippen molar-refractivity contribution >= 4 is 12.2 Å². The number of pyridine rings is 1. The number of hydrogen-bond donors (Lipinski definition) is 1. The van der Waals surface area contributed by atoms with Crippen LogP contribution in [0.2, 0.25) is 0 Å². The fraction of sp³-hybridized carbons (Fsp3) is 0.214. The molecule has 0 amide bonds. The van der Waals surface area contributed by atoms with Crippen LogP contribution in [0, 0.1) is 0 Å². The quantitative estimate of drug-likeness (QED) is 0.813. The zero-order valence-corrected chi connectivity index (χ0v) is 9.79. The predicted molar refractivity (Wildman–Crippen MR) is 69.7 cm³/mol. The van der Waals surface area contributed by atoms with Gasteiger partial charge in [0.2, 0.25) is 0 Å². The van der Waals surface area contributed by atoms with Gasteiger partial charge in [-0.25, -0.2) is 0 Å². The van der Waals surface area contributed by atoms with E-state index >= 15 is 0 Å². The van der Waals surface area contributed by atoms with Gasteiger partial charge in [0.1, 0.15) is 0 Å². The van der Waals surface area contributed by atoms with E-state index in [2.05, 4.69) is 32.0 Å². The number of H-pyrrole nitrogens is 1. The minimum Gasteiger partial charge on any atom is -0.328 e. The fourth-order valence-corrected chi connectivity index (χ4v) is 1.64. The summed E-state index contributed by atoms with van der Waals surface area (Å²) in [5.41, 5.74) is 1.00. The van der Waals surface area contributed by atoms with Crippen molar-refractivity contribution in [2.75, 3.05) is 0 Å². The Morgan fingerprint density at radius 2 is 1.75 bits per heavy atom. The van der Waals surface area contributed by atoms with Crippen molar-refractivity contribution < 1.29 is 0 Å². The van der Waals surface area contributed by atoms with E-state index in [1.807, 2.05) is 6.08 Å². The van der Waals surface area contributed by atoms with Crippen molar-refractivity contribution in [3.8, 4) is 0 Å². The molecular weight excluding hydrogens is 198 g/mol. The molecule has 0 spiro atoms. The first-order chi connectivity index (χ1) is 7.61. The molecule has 1 heterocycles. The average molecular weight is 215 g/mol. The summed E-state index contributed by atoms with van der Waals surface area (Å²) in [5.74, 6) is 0.347. The van der Waals surface area contributed by atoms with Gasteiger partial charge in [-0.05, 0) is 22.8 Å². The van der Waals surface area contributed by atoms with Crippen molar-refractivity contribution in [3.63, 3.8) is 0 Å². The monoisotopic (exact) mass is 215 g/mol.